The van der Waals surface area contributed by atoms with E-state index in [0.717, 1.165) is 56.2 Å². The van der Waals surface area contributed by atoms with Crippen molar-refractivity contribution in [2.45, 2.75) is 61.3 Å². The summed E-state index contributed by atoms with van der Waals surface area (Å²) in [4.78, 5) is 25.5. The molecule has 0 fully saturated rings. The second kappa shape index (κ2) is 16.3. The molecule has 1 atom stereocenters. The van der Waals surface area contributed by atoms with E-state index in [9.17, 15) is 23.3 Å². The van der Waals surface area contributed by atoms with E-state index in [2.05, 4.69) is 10.2 Å². The van der Waals surface area contributed by atoms with Crippen LogP contribution in [0.3, 0.4) is 0 Å². The number of nitrogens with two attached hydrogens (primary N) is 1. The number of sulfonamides is 1. The van der Waals surface area contributed by atoms with Gasteiger partial charge in [-0.25, -0.2) is 13.6 Å². The van der Waals surface area contributed by atoms with Crippen LogP contribution in [0.1, 0.15) is 45.4 Å². The number of ether oxygens (including phenoxy) is 1. The zero-order chi connectivity index (χ0) is 28.0. The van der Waals surface area contributed by atoms with Crippen molar-refractivity contribution in [2.75, 3.05) is 37.8 Å². The molecule has 0 aliphatic heterocycles. The summed E-state index contributed by atoms with van der Waals surface area (Å²) < 4.78 is 28.3. The minimum atomic E-state index is -4.06. The number of hydrogen-bond donors (Lipinski definition) is 2. The maximum absolute atomic E-state index is 11.7. The van der Waals surface area contributed by atoms with Crippen molar-refractivity contribution in [1.29, 1.82) is 0 Å². The Bertz CT molecular complexity index is 1130. The van der Waals surface area contributed by atoms with E-state index in [1.165, 1.54) is 12.1 Å². The Labute approximate surface area is 229 Å². The van der Waals surface area contributed by atoms with Gasteiger partial charge < -0.3 is 15.0 Å². The summed E-state index contributed by atoms with van der Waals surface area (Å²) in [6.45, 7) is 3.90. The van der Waals surface area contributed by atoms with Crippen LogP contribution in [0.15, 0.2) is 58.3 Å². The zero-order valence-electron chi connectivity index (χ0n) is 22.0. The van der Waals surface area contributed by atoms with E-state index < -0.39 is 14.9 Å². The first kappa shape index (κ1) is 31.5. The molecule has 0 heterocycles. The Kier molecular flexibility index (Phi) is 13.6. The third kappa shape index (κ3) is 11.8. The summed E-state index contributed by atoms with van der Waals surface area (Å²) in [5, 5.41) is 20.1. The molecule has 12 heteroatoms. The van der Waals surface area contributed by atoms with Gasteiger partial charge in [-0.3, -0.25) is 14.9 Å². The Balaban J connectivity index is 1.96. The SMILES string of the molecule is CCOC(=O)CCCCCCN(C)CCC(CSc1ccccc1)Nc1ccc(S(N)(=O)=O)cc1[N+](=O)[O-]. The lowest BCUT2D eigenvalue weighted by molar-refractivity contribution is -0.384. The number of rotatable bonds is 18. The third-order valence-corrected chi connectivity index (χ3v) is 7.97. The number of hydrogen-bond acceptors (Lipinski definition) is 9. The van der Waals surface area contributed by atoms with Crippen molar-refractivity contribution in [3.8, 4) is 0 Å². The third-order valence-electron chi connectivity index (χ3n) is 5.88. The number of nitrogens with zero attached hydrogens (tertiary/aromatic N) is 2. The fourth-order valence-corrected chi connectivity index (χ4v) is 5.34. The number of nitrogens with one attached hydrogen (secondary N) is 1. The molecule has 2 aromatic rings. The molecular formula is C26H38N4O6S2. The standard InChI is InChI=1S/C26H38N4O6S2/c1-3-36-26(31)13-9-4-5-10-17-29(2)18-16-21(20-37-22-11-7-6-8-12-22)28-24-15-14-23(38(27,34)35)19-25(24)30(32)33/h6-8,11-12,14-15,19,21,28H,3-5,9-10,13,16-18,20H2,1-2H3,(H2,27,34,35). The van der Waals surface area contributed by atoms with Crippen LogP contribution in [0.2, 0.25) is 0 Å². The molecule has 0 saturated heterocycles. The van der Waals surface area contributed by atoms with Crippen molar-refractivity contribution >= 4 is 39.1 Å². The van der Waals surface area contributed by atoms with Crippen molar-refractivity contribution < 1.29 is 22.9 Å². The predicted octanol–water partition coefficient (Wildman–Crippen LogP) is 4.65. The van der Waals surface area contributed by atoms with Crippen LogP contribution in [-0.2, 0) is 19.6 Å². The number of esters is 1. The first-order valence-electron chi connectivity index (χ1n) is 12.7. The number of benzene rings is 2. The Morgan fingerprint density at radius 2 is 1.84 bits per heavy atom. The molecule has 10 nitrogen and oxygen atoms in total. The van der Waals surface area contributed by atoms with Crippen molar-refractivity contribution in [2.24, 2.45) is 5.14 Å². The van der Waals surface area contributed by atoms with Gasteiger partial charge in [0, 0.05) is 29.2 Å². The summed E-state index contributed by atoms with van der Waals surface area (Å²) in [5.74, 6) is 0.524. The zero-order valence-corrected chi connectivity index (χ0v) is 23.6. The molecule has 0 radical (unpaired) electrons. The molecule has 210 valence electrons. The largest absolute Gasteiger partial charge is 0.466 e. The smallest absolute Gasteiger partial charge is 0.305 e. The highest BCUT2D eigenvalue weighted by atomic mass is 32.2. The Morgan fingerprint density at radius 1 is 1.13 bits per heavy atom. The van der Waals surface area contributed by atoms with Crippen molar-refractivity contribution in [3.05, 3.63) is 58.6 Å². The molecule has 0 amide bonds. The van der Waals surface area contributed by atoms with Crippen LogP contribution in [0, 0.1) is 10.1 Å². The second-order valence-corrected chi connectivity index (χ2v) is 11.7. The van der Waals surface area contributed by atoms with Gasteiger partial charge in [-0.1, -0.05) is 31.0 Å². The predicted molar refractivity (Wildman–Crippen MR) is 151 cm³/mol. The molecule has 38 heavy (non-hydrogen) atoms. The molecule has 0 aromatic heterocycles. The fourth-order valence-electron chi connectivity index (χ4n) is 3.82. The van der Waals surface area contributed by atoms with Gasteiger partial charge in [0.2, 0.25) is 10.0 Å². The van der Waals surface area contributed by atoms with Gasteiger partial charge >= 0.3 is 5.97 Å². The number of unbranched alkanes of at least 4 members (excludes halogenated alkanes) is 3. The highest BCUT2D eigenvalue weighted by Gasteiger charge is 2.21. The van der Waals surface area contributed by atoms with Gasteiger partial charge in [0.25, 0.3) is 5.69 Å². The van der Waals surface area contributed by atoms with Crippen LogP contribution in [-0.4, -0.2) is 62.7 Å². The number of thioether (sulfide) groups is 1. The minimum Gasteiger partial charge on any atom is -0.466 e. The van der Waals surface area contributed by atoms with E-state index in [1.54, 1.807) is 18.7 Å². The quantitative estimate of drug-likeness (QED) is 0.0865. The van der Waals surface area contributed by atoms with Crippen LogP contribution in [0.25, 0.3) is 0 Å². The van der Waals surface area contributed by atoms with E-state index >= 15 is 0 Å². The molecular weight excluding hydrogens is 528 g/mol. The molecule has 3 N–H and O–H groups in total. The summed E-state index contributed by atoms with van der Waals surface area (Å²) >= 11 is 1.65. The molecule has 0 aliphatic rings. The fraction of sp³-hybridized carbons (Fsp3) is 0.500. The lowest BCUT2D eigenvalue weighted by atomic mass is 10.1. The van der Waals surface area contributed by atoms with Gasteiger partial charge in [0.15, 0.2) is 0 Å². The average Bonchev–Trinajstić information content (AvgIpc) is 2.87. The lowest BCUT2D eigenvalue weighted by Crippen LogP contribution is -2.30. The van der Waals surface area contributed by atoms with Gasteiger partial charge in [-0.05, 0) is 70.6 Å². The number of primary sulfonamides is 1. The normalized spacial score (nSPS) is 12.3. The lowest BCUT2D eigenvalue weighted by Gasteiger charge is -2.23. The summed E-state index contributed by atoms with van der Waals surface area (Å²) in [5.41, 5.74) is -0.0762. The van der Waals surface area contributed by atoms with Crippen LogP contribution < -0.4 is 10.5 Å². The number of anilines is 1. The highest BCUT2D eigenvalue weighted by Crippen LogP contribution is 2.29. The van der Waals surface area contributed by atoms with E-state index in [4.69, 9.17) is 9.88 Å². The Hall–Kier alpha value is -2.67. The van der Waals surface area contributed by atoms with Crippen LogP contribution in [0.4, 0.5) is 11.4 Å². The monoisotopic (exact) mass is 566 g/mol. The first-order chi connectivity index (χ1) is 18.1. The molecule has 0 bridgehead atoms. The topological polar surface area (TPSA) is 145 Å². The highest BCUT2D eigenvalue weighted by molar-refractivity contribution is 7.99. The number of nitro groups is 1. The van der Waals surface area contributed by atoms with Crippen molar-refractivity contribution in [3.63, 3.8) is 0 Å². The molecule has 1 unspecified atom stereocenters. The van der Waals surface area contributed by atoms with E-state index in [0.29, 0.717) is 18.8 Å². The van der Waals surface area contributed by atoms with E-state index in [-0.39, 0.29) is 28.3 Å². The van der Waals surface area contributed by atoms with Gasteiger partial charge in [0.05, 0.1) is 16.4 Å². The maximum atomic E-state index is 11.7. The minimum absolute atomic E-state index is 0.105. The number of nitro benzene ring substituents is 1. The summed E-state index contributed by atoms with van der Waals surface area (Å²) in [6.07, 6.45) is 5.03. The molecule has 0 aliphatic carbocycles. The molecule has 2 aromatic carbocycles. The molecule has 2 rings (SSSR count). The maximum Gasteiger partial charge on any atom is 0.305 e. The number of carbonyl (C=O) groups excluding carboxylic acids is 1. The van der Waals surface area contributed by atoms with Gasteiger partial charge in [0.1, 0.15) is 5.69 Å². The second-order valence-electron chi connectivity index (χ2n) is 9.01. The van der Waals surface area contributed by atoms with Crippen LogP contribution in [0.5, 0.6) is 0 Å². The van der Waals surface area contributed by atoms with Crippen LogP contribution >= 0.6 is 11.8 Å². The van der Waals surface area contributed by atoms with Gasteiger partial charge in [-0.2, -0.15) is 0 Å². The molecule has 0 spiro atoms. The Morgan fingerprint density at radius 3 is 2.50 bits per heavy atom. The van der Waals surface area contributed by atoms with E-state index in [1.807, 2.05) is 37.4 Å². The first-order valence-corrected chi connectivity index (χ1v) is 15.2. The molecule has 0 saturated carbocycles. The van der Waals surface area contributed by atoms with Crippen molar-refractivity contribution in [1.82, 2.24) is 4.90 Å². The van der Waals surface area contributed by atoms with Gasteiger partial charge in [-0.15, -0.1) is 11.8 Å². The summed E-state index contributed by atoms with van der Waals surface area (Å²) in [6, 6.07) is 13.5. The summed E-state index contributed by atoms with van der Waals surface area (Å²) in [7, 11) is -2.01. The number of carbonyl (C=O) groups is 1. The average molecular weight is 567 g/mol.